The highest BCUT2D eigenvalue weighted by Crippen LogP contribution is 2.20. The first-order valence-corrected chi connectivity index (χ1v) is 9.60. The Hall–Kier alpha value is -1.79. The predicted molar refractivity (Wildman–Crippen MR) is 114 cm³/mol. The van der Waals surface area contributed by atoms with E-state index in [4.69, 9.17) is 9.47 Å². The van der Waals surface area contributed by atoms with Crippen molar-refractivity contribution in [2.45, 2.75) is 39.8 Å². The molecule has 0 aliphatic carbocycles. The molecule has 0 amide bonds. The minimum absolute atomic E-state index is 0.0724. The molecule has 154 valence electrons. The zero-order valence-corrected chi connectivity index (χ0v) is 18.1. The fourth-order valence-corrected chi connectivity index (χ4v) is 2.61. The molecule has 1 aromatic carbocycles. The molecule has 0 saturated heterocycles. The van der Waals surface area contributed by atoms with E-state index >= 15 is 0 Å². The van der Waals surface area contributed by atoms with Gasteiger partial charge in [-0.15, -0.1) is 0 Å². The molecule has 0 aromatic heterocycles. The van der Waals surface area contributed by atoms with Crippen molar-refractivity contribution in [1.82, 2.24) is 15.5 Å². The van der Waals surface area contributed by atoms with Gasteiger partial charge in [0.15, 0.2) is 5.96 Å². The lowest BCUT2D eigenvalue weighted by Crippen LogP contribution is -2.45. The Kier molecular flexibility index (Phi) is 10.2. The van der Waals surface area contributed by atoms with Gasteiger partial charge in [-0.1, -0.05) is 32.9 Å². The van der Waals surface area contributed by atoms with Crippen molar-refractivity contribution in [2.75, 3.05) is 47.9 Å². The molecule has 0 aliphatic rings. The van der Waals surface area contributed by atoms with E-state index in [9.17, 15) is 0 Å². The van der Waals surface area contributed by atoms with Gasteiger partial charge in [-0.25, -0.2) is 0 Å². The van der Waals surface area contributed by atoms with Crippen LogP contribution < -0.4 is 15.4 Å². The molecule has 1 unspecified atom stereocenters. The van der Waals surface area contributed by atoms with Crippen LogP contribution in [0.25, 0.3) is 0 Å². The quantitative estimate of drug-likeness (QED) is 0.372. The first-order chi connectivity index (χ1) is 12.8. The maximum Gasteiger partial charge on any atom is 0.191 e. The highest BCUT2D eigenvalue weighted by molar-refractivity contribution is 5.79. The van der Waals surface area contributed by atoms with Gasteiger partial charge < -0.3 is 25.0 Å². The summed E-state index contributed by atoms with van der Waals surface area (Å²) in [6.07, 6.45) is 1.13. The number of aliphatic imine (C=N–C) groups is 1. The number of benzene rings is 1. The summed E-state index contributed by atoms with van der Waals surface area (Å²) in [5.74, 6) is 1.68. The minimum atomic E-state index is 0.0724. The van der Waals surface area contributed by atoms with E-state index in [1.165, 1.54) is 5.56 Å². The van der Waals surface area contributed by atoms with Gasteiger partial charge in [-0.3, -0.25) is 4.99 Å². The van der Waals surface area contributed by atoms with Crippen molar-refractivity contribution < 1.29 is 9.47 Å². The van der Waals surface area contributed by atoms with Gasteiger partial charge in [0, 0.05) is 33.8 Å². The molecule has 0 radical (unpaired) electrons. The Morgan fingerprint density at radius 2 is 1.81 bits per heavy atom. The Morgan fingerprint density at radius 3 is 2.33 bits per heavy atom. The summed E-state index contributed by atoms with van der Waals surface area (Å²) in [7, 11) is 7.67. The normalized spacial score (nSPS) is 13.6. The van der Waals surface area contributed by atoms with Crippen molar-refractivity contribution in [2.24, 2.45) is 10.4 Å². The van der Waals surface area contributed by atoms with Gasteiger partial charge in [-0.05, 0) is 43.6 Å². The van der Waals surface area contributed by atoms with E-state index in [0.29, 0.717) is 13.1 Å². The first-order valence-electron chi connectivity index (χ1n) is 9.60. The Bertz CT molecular complexity index is 550. The molecule has 6 nitrogen and oxygen atoms in total. The molecule has 2 N–H and O–H groups in total. The predicted octanol–water partition coefficient (Wildman–Crippen LogP) is 2.74. The fourth-order valence-electron chi connectivity index (χ4n) is 2.61. The topological polar surface area (TPSA) is 58.1 Å². The SMILES string of the molecule is CN=C(NCc1ccc(OCCCN(C)C)cc1)NCC(OC)C(C)(C)C. The van der Waals surface area contributed by atoms with Crippen molar-refractivity contribution in [3.05, 3.63) is 29.8 Å². The standard InChI is InChI=1S/C21H38N4O2/c1-21(2,3)19(26-7)16-24-20(22-4)23-15-17-9-11-18(12-10-17)27-14-8-13-25(5)6/h9-12,19H,8,13-16H2,1-7H3,(H2,22,23,24). The Labute approximate surface area is 165 Å². The van der Waals surface area contributed by atoms with Gasteiger partial charge in [0.25, 0.3) is 0 Å². The van der Waals surface area contributed by atoms with Crippen LogP contribution in [-0.2, 0) is 11.3 Å². The summed E-state index contributed by atoms with van der Waals surface area (Å²) in [6.45, 7) is 9.69. The van der Waals surface area contributed by atoms with Crippen molar-refractivity contribution in [3.63, 3.8) is 0 Å². The van der Waals surface area contributed by atoms with Crippen LogP contribution in [0.2, 0.25) is 0 Å². The van der Waals surface area contributed by atoms with Crippen LogP contribution in [0.15, 0.2) is 29.3 Å². The Morgan fingerprint density at radius 1 is 1.15 bits per heavy atom. The average molecular weight is 379 g/mol. The van der Waals surface area contributed by atoms with E-state index in [1.54, 1.807) is 14.2 Å². The number of hydrogen-bond donors (Lipinski definition) is 2. The summed E-state index contributed by atoms with van der Waals surface area (Å²) in [5, 5.41) is 6.68. The third kappa shape index (κ3) is 9.63. The monoisotopic (exact) mass is 378 g/mol. The molecule has 6 heteroatoms. The van der Waals surface area contributed by atoms with Gasteiger partial charge in [0.1, 0.15) is 5.75 Å². The second-order valence-corrected chi connectivity index (χ2v) is 8.05. The maximum atomic E-state index is 5.77. The molecule has 0 spiro atoms. The molecule has 0 aliphatic heterocycles. The van der Waals surface area contributed by atoms with E-state index in [1.807, 2.05) is 12.1 Å². The molecule has 0 heterocycles. The molecule has 0 saturated carbocycles. The van der Waals surface area contributed by atoms with Crippen molar-refractivity contribution >= 4 is 5.96 Å². The molecule has 1 rings (SSSR count). The third-order valence-electron chi connectivity index (χ3n) is 4.33. The second-order valence-electron chi connectivity index (χ2n) is 8.05. The van der Waals surface area contributed by atoms with Crippen LogP contribution in [0.1, 0.15) is 32.8 Å². The molecular formula is C21H38N4O2. The Balaban J connectivity index is 2.40. The van der Waals surface area contributed by atoms with E-state index in [0.717, 1.165) is 31.3 Å². The molecular weight excluding hydrogens is 340 g/mol. The van der Waals surface area contributed by atoms with Gasteiger partial charge in [-0.2, -0.15) is 0 Å². The highest BCUT2D eigenvalue weighted by Gasteiger charge is 2.24. The van der Waals surface area contributed by atoms with Crippen LogP contribution in [0, 0.1) is 5.41 Å². The first kappa shape index (κ1) is 23.2. The number of methoxy groups -OCH3 is 1. The smallest absolute Gasteiger partial charge is 0.191 e. The van der Waals surface area contributed by atoms with Crippen LogP contribution in [0.5, 0.6) is 5.75 Å². The van der Waals surface area contributed by atoms with E-state index < -0.39 is 0 Å². The zero-order chi connectivity index (χ0) is 20.3. The van der Waals surface area contributed by atoms with E-state index in [2.05, 4.69) is 67.5 Å². The van der Waals surface area contributed by atoms with Gasteiger partial charge >= 0.3 is 0 Å². The number of nitrogens with one attached hydrogen (secondary N) is 2. The maximum absolute atomic E-state index is 5.77. The molecule has 27 heavy (non-hydrogen) atoms. The molecule has 1 atom stereocenters. The van der Waals surface area contributed by atoms with Crippen LogP contribution >= 0.6 is 0 Å². The largest absolute Gasteiger partial charge is 0.494 e. The number of rotatable bonds is 10. The summed E-state index contributed by atoms with van der Waals surface area (Å²) >= 11 is 0. The number of ether oxygens (including phenoxy) is 2. The number of guanidine groups is 1. The van der Waals surface area contributed by atoms with Crippen molar-refractivity contribution in [3.8, 4) is 5.75 Å². The molecule has 0 bridgehead atoms. The lowest BCUT2D eigenvalue weighted by Gasteiger charge is -2.30. The van der Waals surface area contributed by atoms with E-state index in [-0.39, 0.29) is 11.5 Å². The van der Waals surface area contributed by atoms with Gasteiger partial charge in [0.2, 0.25) is 0 Å². The molecule has 0 fully saturated rings. The minimum Gasteiger partial charge on any atom is -0.494 e. The highest BCUT2D eigenvalue weighted by atomic mass is 16.5. The van der Waals surface area contributed by atoms with Crippen LogP contribution in [0.4, 0.5) is 0 Å². The summed E-state index contributed by atoms with van der Waals surface area (Å²) < 4.78 is 11.3. The number of nitrogens with zero attached hydrogens (tertiary/aromatic N) is 2. The van der Waals surface area contributed by atoms with Crippen LogP contribution in [-0.4, -0.2) is 64.9 Å². The van der Waals surface area contributed by atoms with Crippen molar-refractivity contribution in [1.29, 1.82) is 0 Å². The third-order valence-corrected chi connectivity index (χ3v) is 4.33. The van der Waals surface area contributed by atoms with Gasteiger partial charge in [0.05, 0.1) is 12.7 Å². The molecule has 1 aromatic rings. The summed E-state index contributed by atoms with van der Waals surface area (Å²) in [6, 6.07) is 8.19. The zero-order valence-electron chi connectivity index (χ0n) is 18.1. The fraction of sp³-hybridized carbons (Fsp3) is 0.667. The lowest BCUT2D eigenvalue weighted by atomic mass is 9.89. The second kappa shape index (κ2) is 11.8. The van der Waals surface area contributed by atoms with Crippen LogP contribution in [0.3, 0.4) is 0 Å². The lowest BCUT2D eigenvalue weighted by molar-refractivity contribution is 0.0205. The summed E-state index contributed by atoms with van der Waals surface area (Å²) in [5.41, 5.74) is 1.25. The average Bonchev–Trinajstić information content (AvgIpc) is 2.61. The number of hydrogen-bond acceptors (Lipinski definition) is 4. The summed E-state index contributed by atoms with van der Waals surface area (Å²) in [4.78, 5) is 6.45.